The molecule has 0 aliphatic carbocycles. The summed E-state index contributed by atoms with van der Waals surface area (Å²) in [6.45, 7) is 3.46. The second-order valence-corrected chi connectivity index (χ2v) is 7.79. The van der Waals surface area contributed by atoms with Gasteiger partial charge in [-0.3, -0.25) is 14.5 Å². The number of carbonyl (C=O) groups excluding carboxylic acids is 2. The van der Waals surface area contributed by atoms with Gasteiger partial charge in [-0.25, -0.2) is 13.1 Å². The summed E-state index contributed by atoms with van der Waals surface area (Å²) in [5.41, 5.74) is 0.374. The minimum atomic E-state index is -3.74. The number of imide groups is 1. The Morgan fingerprint density at radius 1 is 1.22 bits per heavy atom. The first kappa shape index (κ1) is 16.1. The Morgan fingerprint density at radius 2 is 1.91 bits per heavy atom. The Kier molecular flexibility index (Phi) is 3.99. The van der Waals surface area contributed by atoms with E-state index in [0.29, 0.717) is 6.54 Å². The summed E-state index contributed by atoms with van der Waals surface area (Å²) >= 11 is 0. The van der Waals surface area contributed by atoms with E-state index in [0.717, 1.165) is 17.9 Å². The van der Waals surface area contributed by atoms with Crippen LogP contribution in [0.1, 0.15) is 34.1 Å². The lowest BCUT2D eigenvalue weighted by atomic mass is 9.96. The maximum absolute atomic E-state index is 12.6. The molecule has 3 rings (SSSR count). The van der Waals surface area contributed by atoms with E-state index in [4.69, 9.17) is 0 Å². The number of sulfonamides is 1. The molecule has 23 heavy (non-hydrogen) atoms. The van der Waals surface area contributed by atoms with E-state index in [1.165, 1.54) is 25.2 Å². The van der Waals surface area contributed by atoms with E-state index >= 15 is 0 Å². The monoisotopic (exact) mass is 337 g/mol. The van der Waals surface area contributed by atoms with Gasteiger partial charge in [-0.05, 0) is 37.1 Å². The molecule has 124 valence electrons. The number of carbonyl (C=O) groups is 2. The Bertz CT molecular complexity index is 775. The molecule has 2 N–H and O–H groups in total. The lowest BCUT2D eigenvalue weighted by Gasteiger charge is -2.30. The molecule has 2 aliphatic rings. The molecular weight excluding hydrogens is 318 g/mol. The molecule has 2 amide bonds. The van der Waals surface area contributed by atoms with Crippen molar-refractivity contribution in [2.75, 3.05) is 20.1 Å². The fraction of sp³-hybridized carbons (Fsp3) is 0.467. The largest absolute Gasteiger partial charge is 0.315 e. The van der Waals surface area contributed by atoms with Gasteiger partial charge in [0.15, 0.2) is 0 Å². The quantitative estimate of drug-likeness (QED) is 0.768. The van der Waals surface area contributed by atoms with E-state index in [1.54, 1.807) is 0 Å². The zero-order valence-electron chi connectivity index (χ0n) is 13.0. The van der Waals surface area contributed by atoms with Crippen molar-refractivity contribution in [2.24, 2.45) is 5.92 Å². The topological polar surface area (TPSA) is 95.6 Å². The summed E-state index contributed by atoms with van der Waals surface area (Å²) in [6.07, 6.45) is 0.898. The third-order valence-electron chi connectivity index (χ3n) is 4.51. The predicted octanol–water partition coefficient (Wildman–Crippen LogP) is 0.189. The number of rotatable bonds is 3. The van der Waals surface area contributed by atoms with Gasteiger partial charge in [0.25, 0.3) is 11.8 Å². The smallest absolute Gasteiger partial charge is 0.261 e. The van der Waals surface area contributed by atoms with Gasteiger partial charge >= 0.3 is 0 Å². The summed E-state index contributed by atoms with van der Waals surface area (Å²) in [5.74, 6) is -0.656. The molecule has 0 radical (unpaired) electrons. The zero-order valence-corrected chi connectivity index (χ0v) is 13.8. The number of hydrogen-bond donors (Lipinski definition) is 2. The van der Waals surface area contributed by atoms with Crippen LogP contribution >= 0.6 is 0 Å². The van der Waals surface area contributed by atoms with Gasteiger partial charge in [0, 0.05) is 19.6 Å². The summed E-state index contributed by atoms with van der Waals surface area (Å²) in [5, 5.41) is 3.17. The number of benzene rings is 1. The van der Waals surface area contributed by atoms with Crippen molar-refractivity contribution < 1.29 is 18.0 Å². The molecule has 2 atom stereocenters. The highest BCUT2D eigenvalue weighted by Gasteiger charge is 2.34. The van der Waals surface area contributed by atoms with Crippen LogP contribution in [0, 0.1) is 5.92 Å². The number of amides is 2. The summed E-state index contributed by atoms with van der Waals surface area (Å²) < 4.78 is 27.8. The van der Waals surface area contributed by atoms with E-state index in [9.17, 15) is 18.0 Å². The SMILES string of the molecule is CC1CCNCC1NS(=O)(=O)c1ccc2c(c1)C(=O)N(C)C2=O. The van der Waals surface area contributed by atoms with Gasteiger partial charge in [-0.2, -0.15) is 0 Å². The predicted molar refractivity (Wildman–Crippen MR) is 83.6 cm³/mol. The van der Waals surface area contributed by atoms with Crippen LogP contribution in [0.15, 0.2) is 23.1 Å². The lowest BCUT2D eigenvalue weighted by Crippen LogP contribution is -2.50. The molecule has 0 saturated carbocycles. The van der Waals surface area contributed by atoms with Crippen LogP contribution in [0.25, 0.3) is 0 Å². The number of hydrogen-bond acceptors (Lipinski definition) is 5. The Morgan fingerprint density at radius 3 is 2.61 bits per heavy atom. The highest BCUT2D eigenvalue weighted by Crippen LogP contribution is 2.25. The molecule has 2 heterocycles. The number of nitrogens with one attached hydrogen (secondary N) is 2. The summed E-state index contributed by atoms with van der Waals surface area (Å²) in [7, 11) is -2.36. The van der Waals surface area contributed by atoms with Crippen LogP contribution < -0.4 is 10.0 Å². The zero-order chi connectivity index (χ0) is 16.8. The molecule has 2 unspecified atom stereocenters. The van der Waals surface area contributed by atoms with Crippen LogP contribution in [-0.2, 0) is 10.0 Å². The minimum absolute atomic E-state index is 0.00507. The van der Waals surface area contributed by atoms with Gasteiger partial charge in [0.05, 0.1) is 16.0 Å². The highest BCUT2D eigenvalue weighted by molar-refractivity contribution is 7.89. The molecule has 1 saturated heterocycles. The van der Waals surface area contributed by atoms with Crippen molar-refractivity contribution in [1.82, 2.24) is 14.9 Å². The molecule has 0 aromatic heterocycles. The molecule has 0 bridgehead atoms. The first-order valence-electron chi connectivity index (χ1n) is 7.51. The molecule has 1 aromatic rings. The molecular formula is C15H19N3O4S. The number of fused-ring (bicyclic) bond motifs is 1. The van der Waals surface area contributed by atoms with E-state index in [2.05, 4.69) is 10.0 Å². The first-order chi connectivity index (χ1) is 10.8. The maximum atomic E-state index is 12.6. The van der Waals surface area contributed by atoms with Crippen molar-refractivity contribution >= 4 is 21.8 Å². The van der Waals surface area contributed by atoms with E-state index in [-0.39, 0.29) is 28.0 Å². The van der Waals surface area contributed by atoms with Crippen LogP contribution in [0.2, 0.25) is 0 Å². The third-order valence-corrected chi connectivity index (χ3v) is 5.99. The Labute approximate surface area is 135 Å². The van der Waals surface area contributed by atoms with Crippen molar-refractivity contribution in [3.8, 4) is 0 Å². The molecule has 7 nitrogen and oxygen atoms in total. The van der Waals surface area contributed by atoms with Gasteiger partial charge in [-0.15, -0.1) is 0 Å². The number of piperidine rings is 1. The molecule has 1 fully saturated rings. The van der Waals surface area contributed by atoms with Crippen LogP contribution in [0.5, 0.6) is 0 Å². The van der Waals surface area contributed by atoms with Crippen molar-refractivity contribution in [3.05, 3.63) is 29.3 Å². The molecule has 8 heteroatoms. The summed E-state index contributed by atoms with van der Waals surface area (Å²) in [4.78, 5) is 24.9. The van der Waals surface area contributed by atoms with Crippen LogP contribution in [-0.4, -0.2) is 51.3 Å². The second-order valence-electron chi connectivity index (χ2n) is 6.07. The fourth-order valence-electron chi connectivity index (χ4n) is 2.92. The van der Waals surface area contributed by atoms with Gasteiger partial charge in [-0.1, -0.05) is 6.92 Å². The van der Waals surface area contributed by atoms with Gasteiger partial charge in [0.2, 0.25) is 10.0 Å². The maximum Gasteiger partial charge on any atom is 0.261 e. The second kappa shape index (κ2) is 5.70. The molecule has 1 aromatic carbocycles. The Balaban J connectivity index is 1.90. The van der Waals surface area contributed by atoms with Crippen molar-refractivity contribution in [2.45, 2.75) is 24.3 Å². The lowest BCUT2D eigenvalue weighted by molar-refractivity contribution is 0.0693. The van der Waals surface area contributed by atoms with Gasteiger partial charge in [0.1, 0.15) is 0 Å². The third kappa shape index (κ3) is 2.77. The first-order valence-corrected chi connectivity index (χ1v) is 8.99. The van der Waals surface area contributed by atoms with E-state index in [1.807, 2.05) is 6.92 Å². The minimum Gasteiger partial charge on any atom is -0.315 e. The average molecular weight is 337 g/mol. The van der Waals surface area contributed by atoms with Crippen molar-refractivity contribution in [3.63, 3.8) is 0 Å². The standard InChI is InChI=1S/C15H19N3O4S/c1-9-5-6-16-8-13(9)17-23(21,22)10-3-4-11-12(7-10)15(20)18(2)14(11)19/h3-4,7,9,13,16-17H,5-6,8H2,1-2H3. The average Bonchev–Trinajstić information content (AvgIpc) is 2.74. The number of nitrogens with zero attached hydrogens (tertiary/aromatic N) is 1. The molecule has 0 spiro atoms. The van der Waals surface area contributed by atoms with Crippen LogP contribution in [0.4, 0.5) is 0 Å². The fourth-order valence-corrected chi connectivity index (χ4v) is 4.29. The molecule has 2 aliphatic heterocycles. The highest BCUT2D eigenvalue weighted by atomic mass is 32.2. The van der Waals surface area contributed by atoms with Crippen molar-refractivity contribution in [1.29, 1.82) is 0 Å². The normalized spacial score (nSPS) is 24.9. The van der Waals surface area contributed by atoms with Gasteiger partial charge < -0.3 is 5.32 Å². The van der Waals surface area contributed by atoms with E-state index < -0.39 is 21.8 Å². The summed E-state index contributed by atoms with van der Waals surface area (Å²) in [6, 6.07) is 3.85. The van der Waals surface area contributed by atoms with Crippen LogP contribution in [0.3, 0.4) is 0 Å². The Hall–Kier alpha value is -1.77.